The van der Waals surface area contributed by atoms with Crippen molar-refractivity contribution in [1.82, 2.24) is 5.32 Å². The summed E-state index contributed by atoms with van der Waals surface area (Å²) in [5, 5.41) is 5.01. The third-order valence-corrected chi connectivity index (χ3v) is 2.70. The number of fused-ring (bicyclic) bond motifs is 1. The normalized spacial score (nSPS) is 13.9. The van der Waals surface area contributed by atoms with Crippen LogP contribution in [0.4, 0.5) is 18.9 Å². The molecule has 8 heteroatoms. The van der Waals surface area contributed by atoms with Gasteiger partial charge < -0.3 is 20.1 Å². The van der Waals surface area contributed by atoms with Gasteiger partial charge in [-0.3, -0.25) is 4.79 Å². The number of rotatable bonds is 5. The summed E-state index contributed by atoms with van der Waals surface area (Å²) in [5.41, 5.74) is 0.502. The molecule has 0 aliphatic carbocycles. The van der Waals surface area contributed by atoms with Crippen LogP contribution in [0.15, 0.2) is 18.2 Å². The Morgan fingerprint density at radius 3 is 2.62 bits per heavy atom. The summed E-state index contributed by atoms with van der Waals surface area (Å²) < 4.78 is 46.5. The maximum Gasteiger partial charge on any atom is 0.390 e. The lowest BCUT2D eigenvalue weighted by molar-refractivity contribution is -0.134. The first-order valence-corrected chi connectivity index (χ1v) is 6.41. The minimum Gasteiger partial charge on any atom is -0.486 e. The van der Waals surface area contributed by atoms with Crippen LogP contribution in [-0.4, -0.2) is 38.4 Å². The van der Waals surface area contributed by atoms with Crippen molar-refractivity contribution in [3.8, 4) is 11.5 Å². The molecule has 21 heavy (non-hydrogen) atoms. The highest BCUT2D eigenvalue weighted by atomic mass is 19.4. The van der Waals surface area contributed by atoms with E-state index < -0.39 is 18.5 Å². The van der Waals surface area contributed by atoms with Crippen LogP contribution in [-0.2, 0) is 4.79 Å². The third kappa shape index (κ3) is 5.14. The molecule has 0 fully saturated rings. The van der Waals surface area contributed by atoms with Crippen LogP contribution in [0, 0.1) is 0 Å². The number of alkyl halides is 3. The molecule has 0 spiro atoms. The molecule has 0 bridgehead atoms. The SMILES string of the molecule is O=C(CNCCC(F)(F)F)Nc1ccc2c(c1)OCCO2. The monoisotopic (exact) mass is 304 g/mol. The molecule has 0 radical (unpaired) electrons. The van der Waals surface area contributed by atoms with Gasteiger partial charge in [0.2, 0.25) is 5.91 Å². The highest BCUT2D eigenvalue weighted by Crippen LogP contribution is 2.32. The minimum atomic E-state index is -4.22. The molecular formula is C13H15F3N2O3. The van der Waals surface area contributed by atoms with Crippen LogP contribution >= 0.6 is 0 Å². The number of hydrogen-bond acceptors (Lipinski definition) is 4. The van der Waals surface area contributed by atoms with Gasteiger partial charge in [-0.2, -0.15) is 13.2 Å². The van der Waals surface area contributed by atoms with E-state index in [4.69, 9.17) is 9.47 Å². The van der Waals surface area contributed by atoms with E-state index in [2.05, 4.69) is 10.6 Å². The Kier molecular flexibility index (Phi) is 4.89. The average Bonchev–Trinajstić information content (AvgIpc) is 2.42. The quantitative estimate of drug-likeness (QED) is 0.816. The zero-order valence-electron chi connectivity index (χ0n) is 11.1. The second-order valence-corrected chi connectivity index (χ2v) is 4.45. The van der Waals surface area contributed by atoms with E-state index in [0.717, 1.165) is 0 Å². The molecule has 0 atom stereocenters. The summed E-state index contributed by atoms with van der Waals surface area (Å²) in [6.07, 6.45) is -5.19. The van der Waals surface area contributed by atoms with Crippen molar-refractivity contribution in [2.75, 3.05) is 31.6 Å². The fourth-order valence-corrected chi connectivity index (χ4v) is 1.76. The lowest BCUT2D eigenvalue weighted by Crippen LogP contribution is -2.30. The Balaban J connectivity index is 1.77. The molecule has 0 saturated carbocycles. The molecule has 1 aliphatic heterocycles. The molecule has 2 rings (SSSR count). The number of carbonyl (C=O) groups is 1. The Morgan fingerprint density at radius 1 is 1.19 bits per heavy atom. The number of carbonyl (C=O) groups excluding carboxylic acids is 1. The Bertz CT molecular complexity index is 506. The fourth-order valence-electron chi connectivity index (χ4n) is 1.76. The van der Waals surface area contributed by atoms with E-state index in [0.29, 0.717) is 30.4 Å². The fraction of sp³-hybridized carbons (Fsp3) is 0.462. The van der Waals surface area contributed by atoms with Gasteiger partial charge in [0.1, 0.15) is 13.2 Å². The molecule has 0 saturated heterocycles. The molecular weight excluding hydrogens is 289 g/mol. The van der Waals surface area contributed by atoms with E-state index in [1.54, 1.807) is 18.2 Å². The first-order valence-electron chi connectivity index (χ1n) is 6.41. The van der Waals surface area contributed by atoms with E-state index in [-0.39, 0.29) is 13.1 Å². The first-order chi connectivity index (χ1) is 9.94. The van der Waals surface area contributed by atoms with Crippen LogP contribution < -0.4 is 20.1 Å². The number of nitrogens with one attached hydrogen (secondary N) is 2. The molecule has 5 nitrogen and oxygen atoms in total. The van der Waals surface area contributed by atoms with Gasteiger partial charge in [0.15, 0.2) is 11.5 Å². The number of halogens is 3. The molecule has 0 unspecified atom stereocenters. The summed E-state index contributed by atoms with van der Waals surface area (Å²) >= 11 is 0. The highest BCUT2D eigenvalue weighted by molar-refractivity contribution is 5.92. The van der Waals surface area contributed by atoms with Crippen molar-refractivity contribution in [1.29, 1.82) is 0 Å². The maximum absolute atomic E-state index is 11.9. The minimum absolute atomic E-state index is 0.190. The van der Waals surface area contributed by atoms with Gasteiger partial charge in [0, 0.05) is 18.3 Å². The van der Waals surface area contributed by atoms with Gasteiger partial charge in [-0.1, -0.05) is 0 Å². The summed E-state index contributed by atoms with van der Waals surface area (Å²) in [6, 6.07) is 4.92. The summed E-state index contributed by atoms with van der Waals surface area (Å²) in [5.74, 6) is 0.709. The summed E-state index contributed by atoms with van der Waals surface area (Å²) in [7, 11) is 0. The van der Waals surface area contributed by atoms with Crippen LogP contribution in [0.3, 0.4) is 0 Å². The molecule has 1 aromatic carbocycles. The zero-order chi connectivity index (χ0) is 15.3. The van der Waals surface area contributed by atoms with Gasteiger partial charge in [0.05, 0.1) is 13.0 Å². The van der Waals surface area contributed by atoms with Crippen LogP contribution in [0.1, 0.15) is 6.42 Å². The number of ether oxygens (including phenoxy) is 2. The molecule has 1 aliphatic rings. The highest BCUT2D eigenvalue weighted by Gasteiger charge is 2.26. The van der Waals surface area contributed by atoms with Crippen molar-refractivity contribution in [2.45, 2.75) is 12.6 Å². The van der Waals surface area contributed by atoms with E-state index in [9.17, 15) is 18.0 Å². The van der Waals surface area contributed by atoms with Gasteiger partial charge >= 0.3 is 6.18 Å². The van der Waals surface area contributed by atoms with Crippen molar-refractivity contribution < 1.29 is 27.4 Å². The van der Waals surface area contributed by atoms with Crippen LogP contribution in [0.25, 0.3) is 0 Å². The molecule has 1 heterocycles. The topological polar surface area (TPSA) is 59.6 Å². The molecule has 116 valence electrons. The first kappa shape index (κ1) is 15.4. The predicted octanol–water partition coefficient (Wildman–Crippen LogP) is 1.94. The molecule has 2 N–H and O–H groups in total. The smallest absolute Gasteiger partial charge is 0.390 e. The van der Waals surface area contributed by atoms with E-state index in [1.807, 2.05) is 0 Å². The Hall–Kier alpha value is -1.96. The molecule has 0 aromatic heterocycles. The largest absolute Gasteiger partial charge is 0.486 e. The van der Waals surface area contributed by atoms with Gasteiger partial charge in [-0.05, 0) is 12.1 Å². The van der Waals surface area contributed by atoms with E-state index >= 15 is 0 Å². The van der Waals surface area contributed by atoms with Crippen LogP contribution in [0.2, 0.25) is 0 Å². The Labute approximate surface area is 119 Å². The van der Waals surface area contributed by atoms with Gasteiger partial charge in [-0.15, -0.1) is 0 Å². The lowest BCUT2D eigenvalue weighted by atomic mass is 10.2. The van der Waals surface area contributed by atoms with Crippen molar-refractivity contribution >= 4 is 11.6 Å². The summed E-state index contributed by atoms with van der Waals surface area (Å²) in [6.45, 7) is 0.424. The second-order valence-electron chi connectivity index (χ2n) is 4.45. The van der Waals surface area contributed by atoms with Crippen molar-refractivity contribution in [3.05, 3.63) is 18.2 Å². The summed E-state index contributed by atoms with van der Waals surface area (Å²) in [4.78, 5) is 11.6. The Morgan fingerprint density at radius 2 is 1.90 bits per heavy atom. The van der Waals surface area contributed by atoms with Crippen molar-refractivity contribution in [3.63, 3.8) is 0 Å². The zero-order valence-corrected chi connectivity index (χ0v) is 11.1. The van der Waals surface area contributed by atoms with E-state index in [1.165, 1.54) is 0 Å². The molecule has 1 amide bonds. The second kappa shape index (κ2) is 6.66. The average molecular weight is 304 g/mol. The number of benzene rings is 1. The lowest BCUT2D eigenvalue weighted by Gasteiger charge is -2.19. The van der Waals surface area contributed by atoms with Crippen LogP contribution in [0.5, 0.6) is 11.5 Å². The third-order valence-electron chi connectivity index (χ3n) is 2.70. The van der Waals surface area contributed by atoms with Gasteiger partial charge in [-0.25, -0.2) is 0 Å². The predicted molar refractivity (Wildman–Crippen MR) is 69.6 cm³/mol. The number of anilines is 1. The number of amides is 1. The maximum atomic E-state index is 11.9. The van der Waals surface area contributed by atoms with Crippen molar-refractivity contribution in [2.24, 2.45) is 0 Å². The number of hydrogen-bond donors (Lipinski definition) is 2. The molecule has 1 aromatic rings. The van der Waals surface area contributed by atoms with Gasteiger partial charge in [0.25, 0.3) is 0 Å². The standard InChI is InChI=1S/C13H15F3N2O3/c14-13(15,16)3-4-17-8-12(19)18-9-1-2-10-11(7-9)21-6-5-20-10/h1-2,7,17H,3-6,8H2,(H,18,19).